The largest absolute Gasteiger partial charge is 0.311 e. The number of hydrogen-bond acceptors (Lipinski definition) is 6. The van der Waals surface area contributed by atoms with Crippen LogP contribution in [0.4, 0.5) is 34.1 Å². The van der Waals surface area contributed by atoms with Crippen LogP contribution in [0, 0.1) is 13.8 Å². The van der Waals surface area contributed by atoms with Crippen molar-refractivity contribution in [2.24, 2.45) is 0 Å². The Kier molecular flexibility index (Phi) is 16.4. The second-order valence-corrected chi connectivity index (χ2v) is 24.5. The highest BCUT2D eigenvalue weighted by atomic mass is 15.2. The summed E-state index contributed by atoms with van der Waals surface area (Å²) >= 11 is 0. The molecule has 0 radical (unpaired) electrons. The molecule has 4 heterocycles. The molecular weight excluding hydrogens is 1190 g/mol. The molecule has 0 saturated heterocycles. The molecule has 0 N–H and O–H groups in total. The summed E-state index contributed by atoms with van der Waals surface area (Å²) in [6.07, 6.45) is 3.89. The normalized spacial score (nSPS) is 11.2. The van der Waals surface area contributed by atoms with Gasteiger partial charge in [-0.05, 0) is 180 Å². The molecule has 0 fully saturated rings. The van der Waals surface area contributed by atoms with Crippen molar-refractivity contribution in [3.8, 4) is 78.9 Å². The first-order valence-corrected chi connectivity index (χ1v) is 33.1. The maximum Gasteiger partial charge on any atom is 0.164 e. The fraction of sp³-hybridized carbons (Fsp3) is 0.0222. The number of hydrogen-bond donors (Lipinski definition) is 0. The molecule has 0 spiro atoms. The van der Waals surface area contributed by atoms with Crippen LogP contribution < -0.4 is 9.80 Å². The summed E-state index contributed by atoms with van der Waals surface area (Å²) in [7, 11) is 0. The Morgan fingerprint density at radius 1 is 0.255 bits per heavy atom. The number of para-hydroxylation sites is 7. The number of aromatic nitrogens is 6. The topological polar surface area (TPSA) is 67.9 Å². The minimum absolute atomic E-state index is 0.828. The Morgan fingerprint density at radius 3 is 1.01 bits per heavy atom. The van der Waals surface area contributed by atoms with E-state index in [1.54, 1.807) is 0 Å². The maximum absolute atomic E-state index is 4.97. The number of anilines is 6. The molecule has 17 rings (SSSR count). The third kappa shape index (κ3) is 12.2. The second-order valence-electron chi connectivity index (χ2n) is 24.5. The Labute approximate surface area is 570 Å². The minimum atomic E-state index is 0.828. The van der Waals surface area contributed by atoms with Gasteiger partial charge in [0.2, 0.25) is 0 Å². The number of benzene rings is 13. The van der Waals surface area contributed by atoms with Gasteiger partial charge in [0, 0.05) is 68.7 Å². The fourth-order valence-corrected chi connectivity index (χ4v) is 13.0. The number of pyridine rings is 2. The van der Waals surface area contributed by atoms with E-state index in [2.05, 4.69) is 312 Å². The molecule has 0 unspecified atom stereocenters. The van der Waals surface area contributed by atoms with Crippen molar-refractivity contribution in [3.63, 3.8) is 0 Å². The molecule has 466 valence electrons. The van der Waals surface area contributed by atoms with Gasteiger partial charge in [-0.25, -0.2) is 9.97 Å². The average Bonchev–Trinajstić information content (AvgIpc) is 1.46. The lowest BCUT2D eigenvalue weighted by Gasteiger charge is -2.27. The summed E-state index contributed by atoms with van der Waals surface area (Å²) in [5.74, 6) is 1.66. The van der Waals surface area contributed by atoms with Crippen LogP contribution in [0.1, 0.15) is 11.1 Å². The first-order valence-electron chi connectivity index (χ1n) is 33.1. The van der Waals surface area contributed by atoms with E-state index in [9.17, 15) is 0 Å². The SMILES string of the molecule is Cc1ccc(N(c2ccc(C)cc2)c2ccc(-c3ccc(-c4ccc(-c5nc6ccccc6n5-c5ccccc5)nc4)cc3)cc2)cc1.c1ccc(N(c2ccc(-c3ccc(-c4ccc(-c5nc6ccccc6n5-c5ccccc5)nc4)cc3)cc2)c2cccc3ccccc23)cc1. The molecule has 0 aliphatic heterocycles. The smallest absolute Gasteiger partial charge is 0.164 e. The lowest BCUT2D eigenvalue weighted by atomic mass is 10.0. The summed E-state index contributed by atoms with van der Waals surface area (Å²) in [6.45, 7) is 4.24. The Balaban J connectivity index is 0.000000153. The van der Waals surface area contributed by atoms with E-state index in [1.165, 1.54) is 38.6 Å². The summed E-state index contributed by atoms with van der Waals surface area (Å²) in [4.78, 5) is 24.3. The lowest BCUT2D eigenvalue weighted by molar-refractivity contribution is 1.08. The molecule has 98 heavy (non-hydrogen) atoms. The van der Waals surface area contributed by atoms with Crippen molar-refractivity contribution < 1.29 is 0 Å². The summed E-state index contributed by atoms with van der Waals surface area (Å²) in [6, 6.07) is 124. The molecule has 8 nitrogen and oxygen atoms in total. The zero-order valence-corrected chi connectivity index (χ0v) is 54.2. The van der Waals surface area contributed by atoms with Crippen molar-refractivity contribution in [1.82, 2.24) is 29.1 Å². The van der Waals surface area contributed by atoms with Crippen LogP contribution >= 0.6 is 0 Å². The molecule has 0 amide bonds. The van der Waals surface area contributed by atoms with Gasteiger partial charge in [0.15, 0.2) is 11.6 Å². The monoisotopic (exact) mass is 1260 g/mol. The first-order chi connectivity index (χ1) is 48.4. The van der Waals surface area contributed by atoms with Crippen molar-refractivity contribution in [3.05, 3.63) is 375 Å². The van der Waals surface area contributed by atoms with Crippen LogP contribution in [0.5, 0.6) is 0 Å². The molecule has 4 aromatic heterocycles. The van der Waals surface area contributed by atoms with Crippen molar-refractivity contribution in [2.45, 2.75) is 13.8 Å². The molecule has 8 heteroatoms. The van der Waals surface area contributed by atoms with Crippen molar-refractivity contribution in [1.29, 1.82) is 0 Å². The molecule has 0 aliphatic carbocycles. The first kappa shape index (κ1) is 59.9. The van der Waals surface area contributed by atoms with E-state index in [4.69, 9.17) is 19.9 Å². The minimum Gasteiger partial charge on any atom is -0.311 e. The van der Waals surface area contributed by atoms with E-state index < -0.39 is 0 Å². The highest BCUT2D eigenvalue weighted by molar-refractivity contribution is 5.99. The van der Waals surface area contributed by atoms with Crippen molar-refractivity contribution >= 4 is 67.0 Å². The molecular formula is C90H66N8. The van der Waals surface area contributed by atoms with Crippen LogP contribution in [0.25, 0.3) is 112 Å². The number of fused-ring (bicyclic) bond motifs is 3. The third-order valence-electron chi connectivity index (χ3n) is 18.1. The average molecular weight is 1260 g/mol. The number of rotatable bonds is 14. The molecule has 0 saturated carbocycles. The predicted octanol–water partition coefficient (Wildman–Crippen LogP) is 23.6. The van der Waals surface area contributed by atoms with Crippen LogP contribution in [0.2, 0.25) is 0 Å². The van der Waals surface area contributed by atoms with Crippen molar-refractivity contribution in [2.75, 3.05) is 9.80 Å². The second kappa shape index (κ2) is 26.8. The number of imidazole rings is 2. The van der Waals surface area contributed by atoms with Gasteiger partial charge in [-0.2, -0.15) is 0 Å². The van der Waals surface area contributed by atoms with E-state index >= 15 is 0 Å². The quantitative estimate of drug-likeness (QED) is 0.108. The van der Waals surface area contributed by atoms with E-state index in [0.717, 1.165) is 118 Å². The van der Waals surface area contributed by atoms with Crippen LogP contribution in [-0.4, -0.2) is 29.1 Å². The highest BCUT2D eigenvalue weighted by Gasteiger charge is 2.20. The van der Waals surface area contributed by atoms with Gasteiger partial charge in [0.1, 0.15) is 11.4 Å². The highest BCUT2D eigenvalue weighted by Crippen LogP contribution is 2.41. The van der Waals surface area contributed by atoms with Crippen LogP contribution in [0.3, 0.4) is 0 Å². The Morgan fingerprint density at radius 2 is 0.582 bits per heavy atom. The molecule has 17 aromatic rings. The van der Waals surface area contributed by atoms with Gasteiger partial charge in [-0.3, -0.25) is 19.1 Å². The fourth-order valence-electron chi connectivity index (χ4n) is 13.0. The van der Waals surface area contributed by atoms with Gasteiger partial charge < -0.3 is 9.80 Å². The summed E-state index contributed by atoms with van der Waals surface area (Å²) < 4.78 is 4.36. The Bertz CT molecular complexity index is 5510. The van der Waals surface area contributed by atoms with Gasteiger partial charge in [0.25, 0.3) is 0 Å². The van der Waals surface area contributed by atoms with Crippen LogP contribution in [-0.2, 0) is 0 Å². The number of nitrogens with zero attached hydrogens (tertiary/aromatic N) is 8. The molecule has 0 atom stereocenters. The third-order valence-corrected chi connectivity index (χ3v) is 18.1. The number of aryl methyl sites for hydroxylation is 2. The Hall–Kier alpha value is -13.0. The standard InChI is InChI=1S/C46H32N4.C44H34N4/c1-3-14-38(15-4-1)49(44-21-11-13-36-12-7-8-18-41(36)44)40-29-26-34(27-30-40)33-22-24-35(25-23-33)37-28-31-43(47-32-37)46-48-42-19-9-10-20-45(42)50(46)39-16-5-2-6-17-39;1-31-12-23-38(24-13-31)47(39-25-14-32(2)15-26-39)40-27-20-34(21-28-40)33-16-18-35(19-17-33)36-22-29-42(45-30-36)44-46-41-10-6-7-11-43(41)48(44)37-8-4-3-5-9-37/h1-32H;3-30H,1-2H3. The van der Waals surface area contributed by atoms with E-state index in [-0.39, 0.29) is 0 Å². The molecule has 13 aromatic carbocycles. The zero-order chi connectivity index (χ0) is 65.7. The summed E-state index contributed by atoms with van der Waals surface area (Å²) in [5, 5.41) is 2.44. The van der Waals surface area contributed by atoms with E-state index in [1.807, 2.05) is 85.2 Å². The van der Waals surface area contributed by atoms with Gasteiger partial charge >= 0.3 is 0 Å². The maximum atomic E-state index is 4.97. The van der Waals surface area contributed by atoms with E-state index in [0.29, 0.717) is 0 Å². The zero-order valence-electron chi connectivity index (χ0n) is 54.2. The predicted molar refractivity (Wildman–Crippen MR) is 407 cm³/mol. The van der Waals surface area contributed by atoms with Gasteiger partial charge in [-0.1, -0.05) is 236 Å². The summed E-state index contributed by atoms with van der Waals surface area (Å²) in [5.41, 5.74) is 26.1. The van der Waals surface area contributed by atoms with Gasteiger partial charge in [-0.15, -0.1) is 0 Å². The molecule has 0 bridgehead atoms. The molecule has 0 aliphatic rings. The lowest BCUT2D eigenvalue weighted by Crippen LogP contribution is -2.10. The van der Waals surface area contributed by atoms with Gasteiger partial charge in [0.05, 0.1) is 27.8 Å². The van der Waals surface area contributed by atoms with Crippen LogP contribution in [0.15, 0.2) is 364 Å².